The zero-order valence-electron chi connectivity index (χ0n) is 31.2. The number of nitrogens with zero attached hydrogens (tertiary/aromatic N) is 4. The molecular formula is C32H36BrClN8O15S2. The Hall–Kier alpha value is -6.22. The van der Waals surface area contributed by atoms with E-state index >= 15 is 0 Å². The van der Waals surface area contributed by atoms with E-state index in [1.54, 1.807) is 30.3 Å². The van der Waals surface area contributed by atoms with Crippen molar-refractivity contribution in [3.63, 3.8) is 0 Å². The monoisotopic (exact) mass is 950 g/mol. The van der Waals surface area contributed by atoms with E-state index in [0.29, 0.717) is 35.8 Å². The van der Waals surface area contributed by atoms with Crippen LogP contribution in [0.5, 0.6) is 11.5 Å². The standard InChI is InChI=1S/C13H11ClN4O6S.C8H8O3.C7H14BrNO2.C4H3N3O4S/c14-15-5-6-24-10-4-2-1-3-8(10)12(19)16-13-9(17(20)21)7-11(25-13)18(22)23;1-11-8(10)6-4-2-3-5-7(6)9;1-7(2,3)11-6(10)9-5-4-8;5-4-2(6(8)9)1-3(12-4)7(10)11/h1-4,7,15H,5-6H2,(H,16,19);2-5,9H,1H3;4-5H2,1-3H3,(H,9,10);1H,5H2. The highest BCUT2D eigenvalue weighted by atomic mass is 79.9. The van der Waals surface area contributed by atoms with Gasteiger partial charge in [-0.1, -0.05) is 40.2 Å². The van der Waals surface area contributed by atoms with Crippen molar-refractivity contribution in [2.75, 3.05) is 43.2 Å². The summed E-state index contributed by atoms with van der Waals surface area (Å²) in [6, 6.07) is 14.1. The number of nitrogens with two attached hydrogens (primary N) is 1. The van der Waals surface area contributed by atoms with Crippen LogP contribution in [0.1, 0.15) is 41.5 Å². The summed E-state index contributed by atoms with van der Waals surface area (Å²) in [6.45, 7) is 6.62. The third-order valence-corrected chi connectivity index (χ3v) is 8.55. The highest BCUT2D eigenvalue weighted by Crippen LogP contribution is 2.39. The molecule has 0 fully saturated rings. The van der Waals surface area contributed by atoms with E-state index in [1.165, 1.54) is 25.3 Å². The Labute approximate surface area is 355 Å². The minimum atomic E-state index is -0.798. The second-order valence-corrected chi connectivity index (χ2v) is 14.6. The maximum Gasteiger partial charge on any atom is 0.407 e. The van der Waals surface area contributed by atoms with Crippen LogP contribution in [-0.2, 0) is 9.47 Å². The molecule has 320 valence electrons. The summed E-state index contributed by atoms with van der Waals surface area (Å²) in [6.07, 6.45) is -0.364. The number of nitro groups is 4. The maximum atomic E-state index is 12.4. The molecule has 0 saturated carbocycles. The molecule has 2 amide bonds. The lowest BCUT2D eigenvalue weighted by Crippen LogP contribution is -2.33. The molecule has 0 spiro atoms. The minimum Gasteiger partial charge on any atom is -0.507 e. The molecule has 59 heavy (non-hydrogen) atoms. The van der Waals surface area contributed by atoms with Crippen molar-refractivity contribution in [2.45, 2.75) is 26.4 Å². The van der Waals surface area contributed by atoms with Crippen molar-refractivity contribution < 1.29 is 53.4 Å². The van der Waals surface area contributed by atoms with Crippen LogP contribution in [0, 0.1) is 40.5 Å². The Morgan fingerprint density at radius 2 is 1.39 bits per heavy atom. The lowest BCUT2D eigenvalue weighted by molar-refractivity contribution is -0.390. The smallest absolute Gasteiger partial charge is 0.407 e. The first-order chi connectivity index (χ1) is 27.7. The number of phenols is 1. The third kappa shape index (κ3) is 18.3. The number of benzene rings is 2. The molecule has 0 radical (unpaired) electrons. The molecule has 0 saturated heterocycles. The fraction of sp³-hybridized carbons (Fsp3) is 0.281. The summed E-state index contributed by atoms with van der Waals surface area (Å²) >= 11 is 9.61. The van der Waals surface area contributed by atoms with Crippen LogP contribution < -0.4 is 25.9 Å². The lowest BCUT2D eigenvalue weighted by Gasteiger charge is -2.19. The number of nitrogen functional groups attached to an aromatic ring is 1. The van der Waals surface area contributed by atoms with Crippen molar-refractivity contribution in [1.29, 1.82) is 0 Å². The molecule has 0 unspecified atom stereocenters. The van der Waals surface area contributed by atoms with Gasteiger partial charge in [-0.15, -0.1) is 0 Å². The zero-order valence-corrected chi connectivity index (χ0v) is 35.2. The van der Waals surface area contributed by atoms with Gasteiger partial charge in [0.2, 0.25) is 0 Å². The molecule has 0 atom stereocenters. The molecule has 2 heterocycles. The van der Waals surface area contributed by atoms with Crippen LogP contribution in [0.25, 0.3) is 0 Å². The third-order valence-electron chi connectivity index (χ3n) is 6.06. The number of nitrogens with one attached hydrogen (secondary N) is 3. The first kappa shape index (κ1) is 50.8. The van der Waals surface area contributed by atoms with Gasteiger partial charge >= 0.3 is 33.4 Å². The van der Waals surface area contributed by atoms with Crippen molar-refractivity contribution in [1.82, 2.24) is 10.2 Å². The predicted octanol–water partition coefficient (Wildman–Crippen LogP) is 7.17. The highest BCUT2D eigenvalue weighted by Gasteiger charge is 2.27. The summed E-state index contributed by atoms with van der Waals surface area (Å²) in [4.78, 5) is 75.6. The number of thiophene rings is 2. The van der Waals surface area contributed by atoms with E-state index in [1.807, 2.05) is 20.8 Å². The molecule has 4 rings (SSSR count). The van der Waals surface area contributed by atoms with Crippen LogP contribution in [0.3, 0.4) is 0 Å². The number of anilines is 2. The van der Waals surface area contributed by atoms with E-state index in [2.05, 4.69) is 36.1 Å². The Balaban J connectivity index is 0.000000430. The van der Waals surface area contributed by atoms with E-state index < -0.39 is 53.5 Å². The number of alkyl halides is 1. The number of carbonyl (C=O) groups is 3. The summed E-state index contributed by atoms with van der Waals surface area (Å²) in [5.41, 5.74) is 4.11. The van der Waals surface area contributed by atoms with Crippen molar-refractivity contribution >= 4 is 99.7 Å². The fourth-order valence-electron chi connectivity index (χ4n) is 3.67. The fourth-order valence-corrected chi connectivity index (χ4v) is 5.49. The van der Waals surface area contributed by atoms with Crippen molar-refractivity contribution in [2.24, 2.45) is 0 Å². The first-order valence-corrected chi connectivity index (χ1v) is 19.2. The molecule has 0 aliphatic rings. The van der Waals surface area contributed by atoms with Crippen LogP contribution >= 0.6 is 50.4 Å². The molecule has 0 aliphatic heterocycles. The number of hydrogen-bond acceptors (Lipinski definition) is 19. The number of carbonyl (C=O) groups excluding carboxylic acids is 3. The van der Waals surface area contributed by atoms with Crippen LogP contribution in [0.2, 0.25) is 0 Å². The van der Waals surface area contributed by atoms with Gasteiger partial charge in [-0.25, -0.2) is 14.4 Å². The second-order valence-electron chi connectivity index (χ2n) is 11.5. The molecular weight excluding hydrogens is 916 g/mol. The Morgan fingerprint density at radius 3 is 1.86 bits per heavy atom. The van der Waals surface area contributed by atoms with Crippen molar-refractivity contribution in [3.8, 4) is 11.5 Å². The van der Waals surface area contributed by atoms with Crippen LogP contribution in [-0.4, -0.2) is 80.5 Å². The molecule has 0 aliphatic carbocycles. The van der Waals surface area contributed by atoms with E-state index in [-0.39, 0.29) is 50.3 Å². The zero-order chi connectivity index (χ0) is 44.9. The number of amides is 2. The summed E-state index contributed by atoms with van der Waals surface area (Å²) in [5, 5.41) is 55.7. The number of para-hydroxylation sites is 2. The average molecular weight is 952 g/mol. The van der Waals surface area contributed by atoms with Gasteiger partial charge in [0.05, 0.1) is 32.4 Å². The molecule has 27 heteroatoms. The summed E-state index contributed by atoms with van der Waals surface area (Å²) in [7, 11) is 1.27. The minimum absolute atomic E-state index is 0.0562. The van der Waals surface area contributed by atoms with E-state index in [0.717, 1.165) is 17.5 Å². The largest absolute Gasteiger partial charge is 0.507 e. The van der Waals surface area contributed by atoms with Gasteiger partial charge in [-0.05, 0) is 79.5 Å². The number of ether oxygens (including phenoxy) is 3. The van der Waals surface area contributed by atoms with Gasteiger partial charge in [-0.3, -0.25) is 45.3 Å². The number of phenolic OH excluding ortho intramolecular Hbond substituents is 1. The number of aromatic hydroxyl groups is 1. The SMILES string of the molecule is CC(C)(C)OC(=O)NCCBr.COC(=O)c1ccccc1O.Nc1sc([N+](=O)[O-])cc1[N+](=O)[O-].O=C(Nc1sc([N+](=O)[O-])cc1[N+](=O)[O-])c1ccccc1OCCNCl. The first-order valence-electron chi connectivity index (χ1n) is 16.0. The van der Waals surface area contributed by atoms with Crippen LogP contribution in [0.4, 0.5) is 36.2 Å². The van der Waals surface area contributed by atoms with Gasteiger partial charge in [0.1, 0.15) is 41.4 Å². The number of hydrogen-bond donors (Lipinski definition) is 5. The number of halogens is 2. The summed E-state index contributed by atoms with van der Waals surface area (Å²) in [5.74, 6) is -1.02. The van der Waals surface area contributed by atoms with Gasteiger partial charge < -0.3 is 35.7 Å². The normalized spacial score (nSPS) is 10.1. The van der Waals surface area contributed by atoms with Gasteiger partial charge in [0, 0.05) is 18.4 Å². The van der Waals surface area contributed by atoms with Gasteiger partial charge in [0.15, 0.2) is 10.0 Å². The summed E-state index contributed by atoms with van der Waals surface area (Å²) < 4.78 is 14.8. The van der Waals surface area contributed by atoms with Gasteiger partial charge in [-0.2, -0.15) is 0 Å². The molecule has 4 aromatic rings. The Morgan fingerprint density at radius 1 is 0.847 bits per heavy atom. The average Bonchev–Trinajstić information content (AvgIpc) is 3.79. The maximum absolute atomic E-state index is 12.4. The lowest BCUT2D eigenvalue weighted by atomic mass is 10.2. The number of rotatable bonds is 13. The van der Waals surface area contributed by atoms with Crippen LogP contribution in [0.15, 0.2) is 60.7 Å². The molecule has 2 aromatic heterocycles. The molecule has 2 aromatic carbocycles. The molecule has 6 N–H and O–H groups in total. The number of esters is 1. The van der Waals surface area contributed by atoms with Gasteiger partial charge in [0.25, 0.3) is 5.91 Å². The molecule has 0 bridgehead atoms. The Kier molecular flexibility index (Phi) is 21.7. The number of methoxy groups -OCH3 is 1. The topological polar surface area (TPSA) is 334 Å². The Bertz CT molecular complexity index is 2100. The van der Waals surface area contributed by atoms with E-state index in [9.17, 15) is 54.8 Å². The van der Waals surface area contributed by atoms with Crippen molar-refractivity contribution in [3.05, 3.63) is 112 Å². The van der Waals surface area contributed by atoms with E-state index in [4.69, 9.17) is 32.1 Å². The number of alkyl carbamates (subject to hydrolysis) is 1. The quantitative estimate of drug-likeness (QED) is 0.0221. The predicted molar refractivity (Wildman–Crippen MR) is 221 cm³/mol. The molecule has 23 nitrogen and oxygen atoms in total. The highest BCUT2D eigenvalue weighted by molar-refractivity contribution is 9.09. The second kappa shape index (κ2) is 25.2.